The lowest BCUT2D eigenvalue weighted by molar-refractivity contribution is -0.137. The van der Waals surface area contributed by atoms with Gasteiger partial charge in [-0.25, -0.2) is 9.78 Å². The monoisotopic (exact) mass is 479 g/mol. The van der Waals surface area contributed by atoms with Gasteiger partial charge in [-0.3, -0.25) is 0 Å². The molecule has 0 bridgehead atoms. The Morgan fingerprint density at radius 3 is 2.47 bits per heavy atom. The predicted octanol–water partition coefficient (Wildman–Crippen LogP) is 4.41. The van der Waals surface area contributed by atoms with Crippen molar-refractivity contribution in [2.75, 3.05) is 24.5 Å². The van der Waals surface area contributed by atoms with Crippen LogP contribution < -0.4 is 4.90 Å². The van der Waals surface area contributed by atoms with Gasteiger partial charge < -0.3 is 19.6 Å². The van der Waals surface area contributed by atoms with E-state index >= 15 is 0 Å². The highest BCUT2D eigenvalue weighted by molar-refractivity contribution is 5.70. The fourth-order valence-corrected chi connectivity index (χ4v) is 4.55. The van der Waals surface area contributed by atoms with Gasteiger partial charge in [-0.2, -0.15) is 13.2 Å². The van der Waals surface area contributed by atoms with Gasteiger partial charge in [0.2, 0.25) is 5.95 Å². The summed E-state index contributed by atoms with van der Waals surface area (Å²) in [6.45, 7) is 9.00. The SMILES string of the molecule is Cc1nc(N2CCC3CCN(C(=O)OC(C)(C)C)CC32)nnc1-c1ccc(C(F)(F)F)cc1O. The van der Waals surface area contributed by atoms with E-state index < -0.39 is 23.1 Å². The number of aryl methyl sites for hydroxylation is 1. The number of piperidine rings is 1. The van der Waals surface area contributed by atoms with E-state index in [9.17, 15) is 23.1 Å². The number of carbonyl (C=O) groups is 1. The van der Waals surface area contributed by atoms with Crippen LogP contribution in [-0.2, 0) is 10.9 Å². The number of phenols is 1. The van der Waals surface area contributed by atoms with Gasteiger partial charge in [-0.15, -0.1) is 10.2 Å². The van der Waals surface area contributed by atoms with Crippen molar-refractivity contribution in [3.8, 4) is 17.0 Å². The van der Waals surface area contributed by atoms with E-state index in [2.05, 4.69) is 15.2 Å². The van der Waals surface area contributed by atoms with Crippen molar-refractivity contribution in [1.82, 2.24) is 20.1 Å². The molecule has 8 nitrogen and oxygen atoms in total. The number of aromatic nitrogens is 3. The minimum Gasteiger partial charge on any atom is -0.507 e. The Hall–Kier alpha value is -3.11. The second kappa shape index (κ2) is 8.59. The van der Waals surface area contributed by atoms with E-state index in [0.717, 1.165) is 18.9 Å². The minimum atomic E-state index is -4.56. The van der Waals surface area contributed by atoms with Gasteiger partial charge in [0.05, 0.1) is 17.3 Å². The minimum absolute atomic E-state index is 0.0211. The highest BCUT2D eigenvalue weighted by atomic mass is 19.4. The van der Waals surface area contributed by atoms with Crippen LogP contribution in [0.1, 0.15) is 44.9 Å². The Labute approximate surface area is 195 Å². The van der Waals surface area contributed by atoms with Crippen molar-refractivity contribution in [1.29, 1.82) is 0 Å². The number of likely N-dealkylation sites (tertiary alicyclic amines) is 1. The number of carbonyl (C=O) groups excluding carboxylic acids is 1. The molecule has 2 atom stereocenters. The summed E-state index contributed by atoms with van der Waals surface area (Å²) in [7, 11) is 0. The van der Waals surface area contributed by atoms with Crippen molar-refractivity contribution in [3.63, 3.8) is 0 Å². The zero-order valence-corrected chi connectivity index (χ0v) is 19.6. The maximum Gasteiger partial charge on any atom is 0.416 e. The highest BCUT2D eigenvalue weighted by Gasteiger charge is 2.42. The third-order valence-electron chi connectivity index (χ3n) is 6.20. The molecule has 184 valence electrons. The standard InChI is InChI=1S/C23H28F3N5O3/c1-13-19(16-6-5-15(11-18(16)32)23(24,25)26)28-29-20(27-13)31-10-8-14-7-9-30(12-17(14)31)21(33)34-22(2,3)4/h5-6,11,14,17,32H,7-10,12H2,1-4H3. The molecule has 2 aliphatic heterocycles. The summed E-state index contributed by atoms with van der Waals surface area (Å²) >= 11 is 0. The summed E-state index contributed by atoms with van der Waals surface area (Å²) < 4.78 is 44.3. The Bertz CT molecular complexity index is 1090. The summed E-state index contributed by atoms with van der Waals surface area (Å²) in [5.74, 6) is 0.246. The van der Waals surface area contributed by atoms with Gasteiger partial charge in [0.15, 0.2) is 0 Å². The number of rotatable bonds is 2. The lowest BCUT2D eigenvalue weighted by atomic mass is 9.92. The maximum atomic E-state index is 12.9. The first-order valence-electron chi connectivity index (χ1n) is 11.2. The van der Waals surface area contributed by atoms with Gasteiger partial charge in [-0.1, -0.05) is 0 Å². The van der Waals surface area contributed by atoms with Crippen molar-refractivity contribution < 1.29 is 27.8 Å². The summed E-state index contributed by atoms with van der Waals surface area (Å²) in [6.07, 6.45) is -3.11. The summed E-state index contributed by atoms with van der Waals surface area (Å²) in [4.78, 5) is 20.8. The van der Waals surface area contributed by atoms with Gasteiger partial charge >= 0.3 is 12.3 Å². The zero-order chi connectivity index (χ0) is 24.8. The van der Waals surface area contributed by atoms with Crippen molar-refractivity contribution in [2.45, 2.75) is 58.4 Å². The molecule has 3 heterocycles. The molecule has 0 spiro atoms. The number of fused-ring (bicyclic) bond motifs is 1. The number of aromatic hydroxyl groups is 1. The predicted molar refractivity (Wildman–Crippen MR) is 118 cm³/mol. The zero-order valence-electron chi connectivity index (χ0n) is 19.6. The second-order valence-corrected chi connectivity index (χ2v) is 9.80. The third-order valence-corrected chi connectivity index (χ3v) is 6.20. The number of amides is 1. The summed E-state index contributed by atoms with van der Waals surface area (Å²) in [5, 5.41) is 18.6. The smallest absolute Gasteiger partial charge is 0.416 e. The van der Waals surface area contributed by atoms with Crippen LogP contribution in [0, 0.1) is 12.8 Å². The van der Waals surface area contributed by atoms with Crippen LogP contribution in [0.5, 0.6) is 5.75 Å². The molecular weight excluding hydrogens is 451 g/mol. The number of hydrogen-bond acceptors (Lipinski definition) is 7. The van der Waals surface area contributed by atoms with Crippen LogP contribution in [0.2, 0.25) is 0 Å². The number of ether oxygens (including phenoxy) is 1. The van der Waals surface area contributed by atoms with Gasteiger partial charge in [0, 0.05) is 25.2 Å². The summed E-state index contributed by atoms with van der Waals surface area (Å²) in [5.41, 5.74) is -0.746. The Balaban J connectivity index is 1.54. The number of hydrogen-bond donors (Lipinski definition) is 1. The lowest BCUT2D eigenvalue weighted by Gasteiger charge is -2.38. The molecular formula is C23H28F3N5O3. The van der Waals surface area contributed by atoms with Gasteiger partial charge in [0.25, 0.3) is 0 Å². The van der Waals surface area contributed by atoms with Crippen LogP contribution in [0.25, 0.3) is 11.3 Å². The average Bonchev–Trinajstić information content (AvgIpc) is 3.15. The van der Waals surface area contributed by atoms with Crippen LogP contribution in [0.4, 0.5) is 23.9 Å². The first-order valence-corrected chi connectivity index (χ1v) is 11.2. The third kappa shape index (κ3) is 4.88. The topological polar surface area (TPSA) is 91.7 Å². The van der Waals surface area contributed by atoms with Crippen molar-refractivity contribution >= 4 is 12.0 Å². The molecule has 2 unspecified atom stereocenters. The highest BCUT2D eigenvalue weighted by Crippen LogP contribution is 2.38. The number of anilines is 1. The van der Waals surface area contributed by atoms with Crippen LogP contribution in [0.15, 0.2) is 18.2 Å². The fourth-order valence-electron chi connectivity index (χ4n) is 4.55. The molecule has 2 aliphatic rings. The lowest BCUT2D eigenvalue weighted by Crippen LogP contribution is -2.51. The van der Waals surface area contributed by atoms with E-state index in [4.69, 9.17) is 4.74 Å². The first kappa shape index (κ1) is 24.0. The van der Waals surface area contributed by atoms with E-state index in [1.54, 1.807) is 11.8 Å². The van der Waals surface area contributed by atoms with E-state index in [1.165, 1.54) is 6.07 Å². The largest absolute Gasteiger partial charge is 0.507 e. The quantitative estimate of drug-likeness (QED) is 0.682. The van der Waals surface area contributed by atoms with Crippen molar-refractivity contribution in [2.24, 2.45) is 5.92 Å². The van der Waals surface area contributed by atoms with Gasteiger partial charge in [0.1, 0.15) is 17.0 Å². The average molecular weight is 480 g/mol. The second-order valence-electron chi connectivity index (χ2n) is 9.80. The van der Waals surface area contributed by atoms with E-state index in [0.29, 0.717) is 43.3 Å². The number of phenolic OH excluding ortho intramolecular Hbond substituents is 1. The number of benzene rings is 1. The molecule has 2 aromatic rings. The molecule has 0 radical (unpaired) electrons. The molecule has 1 aromatic heterocycles. The number of nitrogens with zero attached hydrogens (tertiary/aromatic N) is 5. The first-order chi connectivity index (χ1) is 15.8. The fraction of sp³-hybridized carbons (Fsp3) is 0.565. The van der Waals surface area contributed by atoms with Gasteiger partial charge in [-0.05, 0) is 64.7 Å². The molecule has 4 rings (SSSR count). The van der Waals surface area contributed by atoms with E-state index in [-0.39, 0.29) is 23.4 Å². The normalized spacial score (nSPS) is 20.9. The molecule has 0 aliphatic carbocycles. The molecule has 0 saturated carbocycles. The van der Waals surface area contributed by atoms with E-state index in [1.807, 2.05) is 25.7 Å². The molecule has 1 N–H and O–H groups in total. The molecule has 1 aromatic carbocycles. The maximum absolute atomic E-state index is 12.9. The molecule has 1 amide bonds. The Kier molecular flexibility index (Phi) is 6.07. The molecule has 2 fully saturated rings. The number of alkyl halides is 3. The number of halogens is 3. The molecule has 34 heavy (non-hydrogen) atoms. The van der Waals surface area contributed by atoms with Crippen LogP contribution in [-0.4, -0.2) is 62.6 Å². The van der Waals surface area contributed by atoms with Crippen LogP contribution in [0.3, 0.4) is 0 Å². The Morgan fingerprint density at radius 1 is 1.15 bits per heavy atom. The van der Waals surface area contributed by atoms with Crippen LogP contribution >= 0.6 is 0 Å². The molecule has 11 heteroatoms. The summed E-state index contributed by atoms with van der Waals surface area (Å²) in [6, 6.07) is 2.75. The van der Waals surface area contributed by atoms with Crippen molar-refractivity contribution in [3.05, 3.63) is 29.5 Å². The Morgan fingerprint density at radius 2 is 1.85 bits per heavy atom. The molecule has 2 saturated heterocycles.